The Kier molecular flexibility index (Phi) is 3.26. The molecule has 0 aromatic heterocycles. The van der Waals surface area contributed by atoms with Crippen molar-refractivity contribution in [2.24, 2.45) is 0 Å². The third-order valence-corrected chi connectivity index (χ3v) is 1.66. The van der Waals surface area contributed by atoms with Gasteiger partial charge in [-0.2, -0.15) is 0 Å². The van der Waals surface area contributed by atoms with Gasteiger partial charge < -0.3 is 5.11 Å². The highest BCUT2D eigenvalue weighted by molar-refractivity contribution is 5.48. The van der Waals surface area contributed by atoms with Crippen LogP contribution < -0.4 is 5.43 Å². The van der Waals surface area contributed by atoms with Gasteiger partial charge in [-0.1, -0.05) is 31.2 Å². The third-order valence-electron chi connectivity index (χ3n) is 1.66. The summed E-state index contributed by atoms with van der Waals surface area (Å²) in [6.45, 7) is 2.04. The summed E-state index contributed by atoms with van der Waals surface area (Å²) in [5, 5.41) is 9.09. The van der Waals surface area contributed by atoms with Gasteiger partial charge in [-0.05, 0) is 24.1 Å². The first-order valence-electron chi connectivity index (χ1n) is 4.24. The molecule has 0 aliphatic carbocycles. The molecule has 2 nitrogen and oxygen atoms in total. The lowest BCUT2D eigenvalue weighted by Gasteiger charge is -1.83. The minimum atomic E-state index is -0.351. The maximum absolute atomic E-state index is 11.0. The fraction of sp³-hybridized carbons (Fsp3) is 0.182. The summed E-state index contributed by atoms with van der Waals surface area (Å²) < 4.78 is 0. The lowest BCUT2D eigenvalue weighted by molar-refractivity contribution is 0.471. The highest BCUT2D eigenvalue weighted by Crippen LogP contribution is 2.04. The molecule has 0 aliphatic rings. The van der Waals surface area contributed by atoms with Crippen LogP contribution in [-0.4, -0.2) is 5.11 Å². The van der Waals surface area contributed by atoms with Crippen LogP contribution in [0.4, 0.5) is 0 Å². The van der Waals surface area contributed by atoms with Crippen LogP contribution in [0.3, 0.4) is 0 Å². The Labute approximate surface area is 77.2 Å². The predicted molar refractivity (Wildman–Crippen MR) is 53.7 cm³/mol. The lowest BCUT2D eigenvalue weighted by Crippen LogP contribution is -1.91. The summed E-state index contributed by atoms with van der Waals surface area (Å²) in [7, 11) is 0. The van der Waals surface area contributed by atoms with E-state index in [4.69, 9.17) is 5.11 Å². The maximum atomic E-state index is 11.0. The predicted octanol–water partition coefficient (Wildman–Crippen LogP) is 2.18. The molecule has 1 rings (SSSR count). The van der Waals surface area contributed by atoms with Crippen molar-refractivity contribution >= 4 is 6.08 Å². The van der Waals surface area contributed by atoms with Crippen molar-refractivity contribution in [3.05, 3.63) is 46.1 Å². The topological polar surface area (TPSA) is 37.3 Å². The van der Waals surface area contributed by atoms with Crippen molar-refractivity contribution in [2.45, 2.75) is 13.3 Å². The van der Waals surface area contributed by atoms with Gasteiger partial charge >= 0.3 is 0 Å². The molecule has 0 saturated carbocycles. The van der Waals surface area contributed by atoms with Gasteiger partial charge in [-0.3, -0.25) is 4.79 Å². The Hall–Kier alpha value is -1.57. The molecular weight excluding hydrogens is 164 g/mol. The fourth-order valence-corrected chi connectivity index (χ4v) is 0.935. The zero-order chi connectivity index (χ0) is 9.68. The summed E-state index contributed by atoms with van der Waals surface area (Å²) in [5.41, 5.74) is 0.565. The number of aromatic hydroxyl groups is 1. The first-order chi connectivity index (χ1) is 6.24. The minimum absolute atomic E-state index is 0.212. The number of rotatable bonds is 2. The first kappa shape index (κ1) is 9.52. The molecule has 0 bridgehead atoms. The second-order valence-corrected chi connectivity index (χ2v) is 2.73. The fourth-order valence-electron chi connectivity index (χ4n) is 0.935. The monoisotopic (exact) mass is 176 g/mol. The van der Waals surface area contributed by atoms with Crippen molar-refractivity contribution in [3.63, 3.8) is 0 Å². The molecule has 0 aliphatic heterocycles. The van der Waals surface area contributed by atoms with Crippen molar-refractivity contribution in [2.75, 3.05) is 0 Å². The van der Waals surface area contributed by atoms with Crippen LogP contribution in [0.5, 0.6) is 5.75 Å². The van der Waals surface area contributed by atoms with Crippen molar-refractivity contribution in [3.8, 4) is 5.75 Å². The van der Waals surface area contributed by atoms with Crippen molar-refractivity contribution < 1.29 is 5.11 Å². The van der Waals surface area contributed by atoms with Gasteiger partial charge in [0.05, 0.1) is 0 Å². The summed E-state index contributed by atoms with van der Waals surface area (Å²) in [6, 6.07) is 6.18. The van der Waals surface area contributed by atoms with Crippen LogP contribution in [0.1, 0.15) is 18.9 Å². The van der Waals surface area contributed by atoms with E-state index in [0.717, 1.165) is 12.0 Å². The van der Waals surface area contributed by atoms with Gasteiger partial charge in [-0.25, -0.2) is 0 Å². The molecule has 1 aromatic carbocycles. The average molecular weight is 176 g/mol. The van der Waals surface area contributed by atoms with Gasteiger partial charge in [0, 0.05) is 0 Å². The normalized spacial score (nSPS) is 10.5. The summed E-state index contributed by atoms with van der Waals surface area (Å²) in [6.07, 6.45) is 4.87. The van der Waals surface area contributed by atoms with Gasteiger partial charge in [0.2, 0.25) is 5.43 Å². The number of hydrogen-bond donors (Lipinski definition) is 1. The summed E-state index contributed by atoms with van der Waals surface area (Å²) in [4.78, 5) is 11.0. The molecule has 0 spiro atoms. The summed E-state index contributed by atoms with van der Waals surface area (Å²) in [5.74, 6) is -0.212. The van der Waals surface area contributed by atoms with E-state index in [0.29, 0.717) is 0 Å². The average Bonchev–Trinajstić information content (AvgIpc) is 2.29. The maximum Gasteiger partial charge on any atom is 0.220 e. The SMILES string of the molecule is CC/C=C\c1ccc(O)c(=O)cc1. The summed E-state index contributed by atoms with van der Waals surface area (Å²) >= 11 is 0. The molecule has 1 N–H and O–H groups in total. The Bertz CT molecular complexity index is 367. The molecular formula is C11H12O2. The van der Waals surface area contributed by atoms with Gasteiger partial charge in [0.25, 0.3) is 0 Å². The van der Waals surface area contributed by atoms with E-state index in [9.17, 15) is 4.79 Å². The van der Waals surface area contributed by atoms with Gasteiger partial charge in [0.15, 0.2) is 5.75 Å². The largest absolute Gasteiger partial charge is 0.504 e. The van der Waals surface area contributed by atoms with Crippen LogP contribution in [0, 0.1) is 0 Å². The Morgan fingerprint density at radius 2 is 2.00 bits per heavy atom. The number of allylic oxidation sites excluding steroid dienone is 1. The first-order valence-corrected chi connectivity index (χ1v) is 4.24. The van der Waals surface area contributed by atoms with Gasteiger partial charge in [-0.15, -0.1) is 0 Å². The highest BCUT2D eigenvalue weighted by atomic mass is 16.3. The second kappa shape index (κ2) is 4.45. The molecule has 0 fully saturated rings. The Balaban J connectivity index is 3.09. The van der Waals surface area contributed by atoms with Crippen LogP contribution in [0.2, 0.25) is 0 Å². The third kappa shape index (κ3) is 2.75. The molecule has 68 valence electrons. The van der Waals surface area contributed by atoms with E-state index >= 15 is 0 Å². The lowest BCUT2D eigenvalue weighted by atomic mass is 10.2. The highest BCUT2D eigenvalue weighted by Gasteiger charge is 1.91. The van der Waals surface area contributed by atoms with Crippen LogP contribution in [-0.2, 0) is 0 Å². The van der Waals surface area contributed by atoms with Gasteiger partial charge in [0.1, 0.15) is 0 Å². The Morgan fingerprint density at radius 3 is 2.69 bits per heavy atom. The van der Waals surface area contributed by atoms with Crippen molar-refractivity contribution in [1.29, 1.82) is 0 Å². The van der Waals surface area contributed by atoms with E-state index in [2.05, 4.69) is 0 Å². The zero-order valence-corrected chi connectivity index (χ0v) is 7.53. The van der Waals surface area contributed by atoms with Crippen LogP contribution in [0.25, 0.3) is 6.08 Å². The van der Waals surface area contributed by atoms with Crippen molar-refractivity contribution in [1.82, 2.24) is 0 Å². The molecule has 2 heteroatoms. The van der Waals surface area contributed by atoms with E-state index in [1.165, 1.54) is 12.1 Å². The number of hydrogen-bond acceptors (Lipinski definition) is 2. The molecule has 13 heavy (non-hydrogen) atoms. The van der Waals surface area contributed by atoms with Crippen LogP contribution in [0.15, 0.2) is 35.1 Å². The smallest absolute Gasteiger partial charge is 0.220 e. The van der Waals surface area contributed by atoms with Crippen LogP contribution >= 0.6 is 0 Å². The molecule has 1 aromatic rings. The van der Waals surface area contributed by atoms with E-state index < -0.39 is 0 Å². The molecule has 0 atom stereocenters. The quantitative estimate of drug-likeness (QED) is 0.749. The molecule has 0 amide bonds. The molecule has 0 radical (unpaired) electrons. The molecule has 0 saturated heterocycles. The minimum Gasteiger partial charge on any atom is -0.504 e. The van der Waals surface area contributed by atoms with E-state index in [1.807, 2.05) is 19.1 Å². The second-order valence-electron chi connectivity index (χ2n) is 2.73. The van der Waals surface area contributed by atoms with E-state index in [-0.39, 0.29) is 11.2 Å². The molecule has 0 heterocycles. The standard InChI is InChI=1S/C11H12O2/c1-2-3-4-9-5-7-10(12)11(13)8-6-9/h3-8H,2H2,1H3,(H,12,13)/b4-3-. The van der Waals surface area contributed by atoms with E-state index in [1.54, 1.807) is 12.1 Å². The molecule has 0 unspecified atom stereocenters. The Morgan fingerprint density at radius 1 is 1.31 bits per heavy atom. The zero-order valence-electron chi connectivity index (χ0n) is 7.53.